The highest BCUT2D eigenvalue weighted by atomic mass is 16.5. The molecule has 1 aromatic heterocycles. The van der Waals surface area contributed by atoms with Gasteiger partial charge in [-0.15, -0.1) is 0 Å². The fourth-order valence-corrected chi connectivity index (χ4v) is 2.96. The fraction of sp³-hybridized carbons (Fsp3) is 0.0909. The molecule has 0 saturated carbocycles. The second-order valence-electron chi connectivity index (χ2n) is 6.07. The molecule has 0 atom stereocenters. The van der Waals surface area contributed by atoms with Crippen molar-refractivity contribution in [2.75, 3.05) is 13.2 Å². The van der Waals surface area contributed by atoms with E-state index in [0.717, 1.165) is 16.5 Å². The van der Waals surface area contributed by atoms with E-state index in [-0.39, 0.29) is 12.1 Å². The summed E-state index contributed by atoms with van der Waals surface area (Å²) in [5.74, 6) is 0.281. The van der Waals surface area contributed by atoms with E-state index >= 15 is 0 Å². The first kappa shape index (κ1) is 16.8. The van der Waals surface area contributed by atoms with Gasteiger partial charge in [-0.05, 0) is 23.6 Å². The van der Waals surface area contributed by atoms with Crippen LogP contribution in [0.5, 0.6) is 5.75 Å². The van der Waals surface area contributed by atoms with Crippen molar-refractivity contribution in [2.24, 2.45) is 0 Å². The van der Waals surface area contributed by atoms with Crippen molar-refractivity contribution >= 4 is 27.6 Å². The Kier molecular flexibility index (Phi) is 4.58. The lowest BCUT2D eigenvalue weighted by atomic mass is 10.1. The molecular formula is C22H17NO4. The first-order valence-corrected chi connectivity index (χ1v) is 8.64. The minimum absolute atomic E-state index is 0.0149. The van der Waals surface area contributed by atoms with E-state index in [1.807, 2.05) is 48.5 Å². The van der Waals surface area contributed by atoms with Crippen LogP contribution in [0.15, 0.2) is 82.0 Å². The van der Waals surface area contributed by atoms with Crippen LogP contribution >= 0.6 is 0 Å². The molecule has 0 spiro atoms. The minimum atomic E-state index is -0.652. The average Bonchev–Trinajstić information content (AvgIpc) is 2.70. The van der Waals surface area contributed by atoms with E-state index in [4.69, 9.17) is 9.15 Å². The number of ether oxygens (including phenoxy) is 1. The number of fused-ring (bicyclic) bond motifs is 2. The second-order valence-corrected chi connectivity index (χ2v) is 6.07. The van der Waals surface area contributed by atoms with E-state index in [9.17, 15) is 9.59 Å². The normalized spacial score (nSPS) is 10.8. The van der Waals surface area contributed by atoms with E-state index in [0.29, 0.717) is 17.6 Å². The van der Waals surface area contributed by atoms with Crippen LogP contribution in [0.4, 0.5) is 0 Å². The molecule has 0 aliphatic heterocycles. The third-order valence-electron chi connectivity index (χ3n) is 4.28. The minimum Gasteiger partial charge on any atom is -0.491 e. The van der Waals surface area contributed by atoms with Crippen molar-refractivity contribution in [1.82, 2.24) is 5.32 Å². The molecule has 27 heavy (non-hydrogen) atoms. The predicted octanol–water partition coefficient (Wildman–Crippen LogP) is 3.76. The van der Waals surface area contributed by atoms with Crippen LogP contribution in [0.2, 0.25) is 0 Å². The summed E-state index contributed by atoms with van der Waals surface area (Å²) in [4.78, 5) is 24.3. The maximum absolute atomic E-state index is 12.3. The van der Waals surface area contributed by atoms with E-state index in [1.165, 1.54) is 0 Å². The number of hydrogen-bond donors (Lipinski definition) is 1. The summed E-state index contributed by atoms with van der Waals surface area (Å²) in [6.07, 6.45) is 0. The molecule has 0 fully saturated rings. The first-order valence-electron chi connectivity index (χ1n) is 8.64. The second kappa shape index (κ2) is 7.33. The van der Waals surface area contributed by atoms with Crippen LogP contribution in [0.3, 0.4) is 0 Å². The molecule has 0 aliphatic rings. The Morgan fingerprint density at radius 2 is 1.67 bits per heavy atom. The van der Waals surface area contributed by atoms with Crippen LogP contribution in [0.1, 0.15) is 10.4 Å². The molecule has 0 aliphatic carbocycles. The van der Waals surface area contributed by atoms with Gasteiger partial charge in [-0.2, -0.15) is 0 Å². The topological polar surface area (TPSA) is 68.5 Å². The SMILES string of the molecule is O=C(NCCOc1cccc2ccccc12)c1cc2ccccc2oc1=O. The predicted molar refractivity (Wildman–Crippen MR) is 104 cm³/mol. The highest BCUT2D eigenvalue weighted by molar-refractivity contribution is 5.96. The largest absolute Gasteiger partial charge is 0.491 e. The molecule has 4 rings (SSSR count). The van der Waals surface area contributed by atoms with Crippen LogP contribution < -0.4 is 15.7 Å². The molecule has 1 heterocycles. The zero-order valence-electron chi connectivity index (χ0n) is 14.5. The van der Waals surface area contributed by atoms with Gasteiger partial charge < -0.3 is 14.5 Å². The molecule has 0 radical (unpaired) electrons. The number of rotatable bonds is 5. The van der Waals surface area contributed by atoms with Crippen LogP contribution in [0, 0.1) is 0 Å². The molecule has 0 bridgehead atoms. The highest BCUT2D eigenvalue weighted by Crippen LogP contribution is 2.24. The van der Waals surface area contributed by atoms with Gasteiger partial charge in [0.2, 0.25) is 0 Å². The number of amides is 1. The highest BCUT2D eigenvalue weighted by Gasteiger charge is 2.13. The number of carbonyl (C=O) groups excluding carboxylic acids is 1. The number of hydrogen-bond acceptors (Lipinski definition) is 4. The van der Waals surface area contributed by atoms with E-state index < -0.39 is 11.5 Å². The zero-order chi connectivity index (χ0) is 18.6. The van der Waals surface area contributed by atoms with Gasteiger partial charge in [0.05, 0.1) is 6.54 Å². The molecule has 1 N–H and O–H groups in total. The van der Waals surface area contributed by atoms with Gasteiger partial charge in [-0.3, -0.25) is 4.79 Å². The summed E-state index contributed by atoms with van der Waals surface area (Å²) in [6, 6.07) is 22.4. The maximum atomic E-state index is 12.3. The Morgan fingerprint density at radius 3 is 2.56 bits per heavy atom. The van der Waals surface area contributed by atoms with Crippen molar-refractivity contribution in [3.8, 4) is 5.75 Å². The summed E-state index contributed by atoms with van der Waals surface area (Å²) < 4.78 is 11.0. The van der Waals surface area contributed by atoms with E-state index in [2.05, 4.69) is 5.32 Å². The lowest BCUT2D eigenvalue weighted by Crippen LogP contribution is -2.31. The summed E-state index contributed by atoms with van der Waals surface area (Å²) in [7, 11) is 0. The average molecular weight is 359 g/mol. The standard InChI is InChI=1S/C22H17NO4/c24-21(18-14-16-7-2-4-10-19(16)27-22(18)25)23-12-13-26-20-11-5-8-15-6-1-3-9-17(15)20/h1-11,14H,12-13H2,(H,23,24). The van der Waals surface area contributed by atoms with Crippen molar-refractivity contribution in [1.29, 1.82) is 0 Å². The van der Waals surface area contributed by atoms with Crippen molar-refractivity contribution in [3.63, 3.8) is 0 Å². The van der Waals surface area contributed by atoms with Crippen molar-refractivity contribution in [3.05, 3.63) is 88.8 Å². The molecule has 5 heteroatoms. The Labute approximate surface area is 155 Å². The molecule has 134 valence electrons. The quantitative estimate of drug-likeness (QED) is 0.435. The molecule has 5 nitrogen and oxygen atoms in total. The first-order chi connectivity index (χ1) is 13.2. The van der Waals surface area contributed by atoms with Crippen molar-refractivity contribution in [2.45, 2.75) is 0 Å². The maximum Gasteiger partial charge on any atom is 0.349 e. The van der Waals surface area contributed by atoms with Gasteiger partial charge in [0, 0.05) is 10.8 Å². The van der Waals surface area contributed by atoms with Gasteiger partial charge in [0.15, 0.2) is 0 Å². The third-order valence-corrected chi connectivity index (χ3v) is 4.28. The molecule has 4 aromatic rings. The third kappa shape index (κ3) is 3.53. The van der Waals surface area contributed by atoms with Gasteiger partial charge in [0.1, 0.15) is 23.5 Å². The monoisotopic (exact) mass is 359 g/mol. The summed E-state index contributed by atoms with van der Waals surface area (Å²) in [5.41, 5.74) is -0.210. The summed E-state index contributed by atoms with van der Waals surface area (Å²) >= 11 is 0. The number of benzene rings is 3. The van der Waals surface area contributed by atoms with Crippen LogP contribution in [-0.4, -0.2) is 19.1 Å². The van der Waals surface area contributed by atoms with Gasteiger partial charge in [-0.25, -0.2) is 4.79 Å². The smallest absolute Gasteiger partial charge is 0.349 e. The number of para-hydroxylation sites is 1. The molecule has 0 unspecified atom stereocenters. The van der Waals surface area contributed by atoms with Gasteiger partial charge in [0.25, 0.3) is 5.91 Å². The van der Waals surface area contributed by atoms with Crippen LogP contribution in [-0.2, 0) is 0 Å². The summed E-state index contributed by atoms with van der Waals surface area (Å²) in [5, 5.41) is 5.51. The Balaban J connectivity index is 1.41. The number of carbonyl (C=O) groups is 1. The summed E-state index contributed by atoms with van der Waals surface area (Å²) in [6.45, 7) is 0.562. The van der Waals surface area contributed by atoms with Crippen LogP contribution in [0.25, 0.3) is 21.7 Å². The van der Waals surface area contributed by atoms with Gasteiger partial charge in [-0.1, -0.05) is 54.6 Å². The van der Waals surface area contributed by atoms with Gasteiger partial charge >= 0.3 is 5.63 Å². The van der Waals surface area contributed by atoms with E-state index in [1.54, 1.807) is 24.3 Å². The number of nitrogens with one attached hydrogen (secondary N) is 1. The fourth-order valence-electron chi connectivity index (χ4n) is 2.96. The lowest BCUT2D eigenvalue weighted by Gasteiger charge is -2.10. The van der Waals surface area contributed by atoms with Crippen molar-refractivity contribution < 1.29 is 13.9 Å². The molecular weight excluding hydrogens is 342 g/mol. The zero-order valence-corrected chi connectivity index (χ0v) is 14.5. The Hall–Kier alpha value is -3.60. The molecule has 1 amide bonds. The Morgan fingerprint density at radius 1 is 0.926 bits per heavy atom. The Bertz CT molecular complexity index is 1170. The molecule has 0 saturated heterocycles. The molecule has 3 aromatic carbocycles. The lowest BCUT2D eigenvalue weighted by molar-refractivity contribution is 0.0943.